The van der Waals surface area contributed by atoms with E-state index >= 15 is 0 Å². The van der Waals surface area contributed by atoms with Crippen LogP contribution in [0.4, 0.5) is 0 Å². The summed E-state index contributed by atoms with van der Waals surface area (Å²) < 4.78 is 14.4. The molecule has 17 heavy (non-hydrogen) atoms. The molecule has 0 rings (SSSR count). The van der Waals surface area contributed by atoms with E-state index in [1.54, 1.807) is 0 Å². The quantitative estimate of drug-likeness (QED) is 0.152. The Balaban J connectivity index is 4.32. The number of nitrogens with zero attached hydrogens (tertiary/aromatic N) is 2. The highest BCUT2D eigenvalue weighted by Crippen LogP contribution is 2.57. The summed E-state index contributed by atoms with van der Waals surface area (Å²) in [5.74, 6) is 0. The van der Waals surface area contributed by atoms with E-state index in [4.69, 9.17) is 40.4 Å². The third-order valence-corrected chi connectivity index (χ3v) is 2.42. The summed E-state index contributed by atoms with van der Waals surface area (Å²) in [5, 5.41) is 28.7. The van der Waals surface area contributed by atoms with Gasteiger partial charge in [-0.2, -0.15) is 24.1 Å². The predicted octanol–water partition coefficient (Wildman–Crippen LogP) is -1.57. The zero-order valence-electron chi connectivity index (χ0n) is 8.00. The molecule has 0 saturated heterocycles. The first kappa shape index (κ1) is 17.3. The van der Waals surface area contributed by atoms with Crippen molar-refractivity contribution in [2.75, 3.05) is 7.11 Å². The summed E-state index contributed by atoms with van der Waals surface area (Å²) in [5.41, 5.74) is 0. The largest absolute Gasteiger partial charge is 0.664 e. The molecule has 0 aliphatic carbocycles. The molecule has 0 atom stereocenters. The van der Waals surface area contributed by atoms with Crippen LogP contribution in [0.15, 0.2) is 0 Å². The number of hydrogen-bond donors (Lipinski definition) is 8. The van der Waals surface area contributed by atoms with E-state index in [9.17, 15) is 0 Å². The summed E-state index contributed by atoms with van der Waals surface area (Å²) in [6.07, 6.45) is 0. The van der Waals surface area contributed by atoms with E-state index in [0.717, 1.165) is 7.11 Å². The minimum absolute atomic E-state index is 0.773. The molecule has 14 nitrogen and oxygen atoms in total. The normalized spacial score (nSPS) is 14.5. The van der Waals surface area contributed by atoms with Crippen molar-refractivity contribution in [2.45, 2.75) is 0 Å². The zero-order chi connectivity index (χ0) is 13.9. The van der Waals surface area contributed by atoms with Gasteiger partial charge in [0.15, 0.2) is 10.0 Å². The number of rotatable bonds is 7. The van der Waals surface area contributed by atoms with E-state index in [-0.39, 0.29) is 0 Å². The van der Waals surface area contributed by atoms with Crippen LogP contribution < -0.4 is 0 Å². The molecule has 16 heteroatoms. The van der Waals surface area contributed by atoms with Gasteiger partial charge in [0.2, 0.25) is 0 Å². The molecule has 0 heterocycles. The molecule has 0 bridgehead atoms. The minimum atomic E-state index is -5.20. The van der Waals surface area contributed by atoms with E-state index in [1.165, 1.54) is 0 Å². The highest BCUT2D eigenvalue weighted by Gasteiger charge is 2.59. The van der Waals surface area contributed by atoms with Gasteiger partial charge in [0.25, 0.3) is 5.14 Å². The SMILES string of the molecule is CO[P+](O)(O)ON(O)O[P+](O)(O)O[N+](O)(O)O. The second-order valence-electron chi connectivity index (χ2n) is 2.16. The van der Waals surface area contributed by atoms with Crippen molar-refractivity contribution in [1.82, 2.24) is 5.39 Å². The average Bonchev–Trinajstić information content (AvgIpc) is 1.96. The van der Waals surface area contributed by atoms with Crippen molar-refractivity contribution < 1.29 is 63.9 Å². The van der Waals surface area contributed by atoms with Crippen LogP contribution in [-0.4, -0.2) is 58.0 Å². The first-order chi connectivity index (χ1) is 7.37. The van der Waals surface area contributed by atoms with Gasteiger partial charge in [-0.05, 0) is 0 Å². The highest BCUT2D eigenvalue weighted by atomic mass is 31.2. The Labute approximate surface area is 93.8 Å². The molecule has 0 spiro atoms. The van der Waals surface area contributed by atoms with Crippen LogP contribution >= 0.6 is 16.3 Å². The van der Waals surface area contributed by atoms with Gasteiger partial charge in [-0.3, -0.25) is 5.21 Å². The van der Waals surface area contributed by atoms with Crippen LogP contribution in [0.2, 0.25) is 0 Å². The maximum absolute atomic E-state index is 8.74. The van der Waals surface area contributed by atoms with Crippen molar-refractivity contribution in [3.8, 4) is 0 Å². The van der Waals surface area contributed by atoms with Gasteiger partial charge >= 0.3 is 16.3 Å². The summed E-state index contributed by atoms with van der Waals surface area (Å²) >= 11 is 0. The van der Waals surface area contributed by atoms with Gasteiger partial charge in [-0.25, -0.2) is 0 Å². The Kier molecular flexibility index (Phi) is 6.07. The lowest BCUT2D eigenvalue weighted by Crippen LogP contribution is -2.38. The number of hydrogen-bond acceptors (Lipinski definition) is 13. The summed E-state index contributed by atoms with van der Waals surface area (Å²) in [4.78, 5) is 34.9. The van der Waals surface area contributed by atoms with Crippen molar-refractivity contribution in [3.63, 3.8) is 0 Å². The molecular formula is CH11N2O12P2+3. The fourth-order valence-corrected chi connectivity index (χ4v) is 1.25. The molecule has 104 valence electrons. The second-order valence-corrected chi connectivity index (χ2v) is 4.98. The molecule has 0 aromatic heterocycles. The Hall–Kier alpha value is 0.300. The molecule has 0 amide bonds. The van der Waals surface area contributed by atoms with Crippen LogP contribution in [0.25, 0.3) is 0 Å². The molecule has 0 aliphatic rings. The van der Waals surface area contributed by atoms with E-state index in [2.05, 4.69) is 18.4 Å². The summed E-state index contributed by atoms with van der Waals surface area (Å²) in [6, 6.07) is 0. The van der Waals surface area contributed by atoms with E-state index in [1.807, 2.05) is 0 Å². The zero-order valence-corrected chi connectivity index (χ0v) is 9.79. The van der Waals surface area contributed by atoms with Gasteiger partial charge in [-0.1, -0.05) is 0 Å². The fourth-order valence-electron chi connectivity index (χ4n) is 0.388. The third kappa shape index (κ3) is 8.95. The maximum Gasteiger partial charge on any atom is 0.664 e. The van der Waals surface area contributed by atoms with Gasteiger partial charge in [0.1, 0.15) is 0 Å². The number of quaternary nitrogens is 1. The lowest BCUT2D eigenvalue weighted by atomic mass is 11.8. The van der Waals surface area contributed by atoms with Crippen molar-refractivity contribution >= 4 is 16.3 Å². The average molecular weight is 305 g/mol. The molecule has 0 aromatic carbocycles. The minimum Gasteiger partial charge on any atom is -0.260 e. The monoisotopic (exact) mass is 305 g/mol. The lowest BCUT2D eigenvalue weighted by Gasteiger charge is -2.13. The van der Waals surface area contributed by atoms with Gasteiger partial charge in [0.05, 0.1) is 7.11 Å². The molecular weight excluding hydrogens is 294 g/mol. The lowest BCUT2D eigenvalue weighted by molar-refractivity contribution is -1.46. The smallest absolute Gasteiger partial charge is 0.260 e. The van der Waals surface area contributed by atoms with Crippen molar-refractivity contribution in [1.29, 1.82) is 0 Å². The molecule has 8 N–H and O–H groups in total. The standard InChI is InChI=1S/CH11N2O12P2/c1-12-16(8,9)13-2(4)14-17(10,11)15-3(5,6)7/h4-11H,1H3/q+3. The van der Waals surface area contributed by atoms with Crippen LogP contribution in [0, 0.1) is 0 Å². The Morgan fingerprint density at radius 3 is 1.71 bits per heavy atom. The highest BCUT2D eigenvalue weighted by molar-refractivity contribution is 7.54. The third-order valence-electron chi connectivity index (χ3n) is 0.806. The topological polar surface area (TPSA) is 202 Å². The Morgan fingerprint density at radius 2 is 1.35 bits per heavy atom. The van der Waals surface area contributed by atoms with Crippen molar-refractivity contribution in [2.24, 2.45) is 0 Å². The molecule has 0 radical (unpaired) electrons. The van der Waals surface area contributed by atoms with E-state index < -0.39 is 26.9 Å². The Bertz CT molecular complexity index is 237. The van der Waals surface area contributed by atoms with Gasteiger partial charge in [0, 0.05) is 9.25 Å². The molecule has 0 saturated carbocycles. The first-order valence-corrected chi connectivity index (χ1v) is 6.35. The molecule has 0 aliphatic heterocycles. The van der Waals surface area contributed by atoms with Crippen LogP contribution in [-0.2, 0) is 18.4 Å². The van der Waals surface area contributed by atoms with Crippen LogP contribution in [0.5, 0.6) is 0 Å². The molecule has 0 fully saturated rings. The summed E-state index contributed by atoms with van der Waals surface area (Å²) in [7, 11) is -8.95. The van der Waals surface area contributed by atoms with Gasteiger partial charge < -0.3 is 0 Å². The molecule has 0 unspecified atom stereocenters. The van der Waals surface area contributed by atoms with Gasteiger partial charge in [-0.15, -0.1) is 15.6 Å². The first-order valence-electron chi connectivity index (χ1n) is 3.29. The van der Waals surface area contributed by atoms with Crippen LogP contribution in [0.3, 0.4) is 0 Å². The molecule has 0 aromatic rings. The predicted molar refractivity (Wildman–Crippen MR) is 42.2 cm³/mol. The van der Waals surface area contributed by atoms with Crippen molar-refractivity contribution in [3.05, 3.63) is 0 Å². The Morgan fingerprint density at radius 1 is 0.941 bits per heavy atom. The fraction of sp³-hybridized carbons (Fsp3) is 1.00. The second kappa shape index (κ2) is 5.96. The maximum atomic E-state index is 8.74. The summed E-state index contributed by atoms with van der Waals surface area (Å²) in [6.45, 7) is 0. The van der Waals surface area contributed by atoms with Crippen LogP contribution in [0.1, 0.15) is 0 Å². The van der Waals surface area contributed by atoms with E-state index in [0.29, 0.717) is 0 Å².